The van der Waals surface area contributed by atoms with Gasteiger partial charge >= 0.3 is 0 Å². The Labute approximate surface area is 110 Å². The lowest BCUT2D eigenvalue weighted by molar-refractivity contribution is 0.406. The van der Waals surface area contributed by atoms with Crippen molar-refractivity contribution in [2.24, 2.45) is 5.92 Å². The van der Waals surface area contributed by atoms with Crippen LogP contribution in [0.15, 0.2) is 6.20 Å². The Morgan fingerprint density at radius 2 is 2.06 bits per heavy atom. The van der Waals surface area contributed by atoms with Crippen LogP contribution in [0, 0.1) is 19.8 Å². The number of pyridine rings is 1. The molecule has 18 heavy (non-hydrogen) atoms. The van der Waals surface area contributed by atoms with Crippen LogP contribution >= 0.6 is 0 Å². The quantitative estimate of drug-likeness (QED) is 0.870. The topological polar surface area (TPSA) is 34.1 Å². The average Bonchev–Trinajstić information content (AvgIpc) is 2.86. The SMILES string of the molecule is COc1c(C)cnc(CNCC2CCCC2)c1C. The number of aryl methyl sites for hydroxylation is 1. The third kappa shape index (κ3) is 3.02. The minimum atomic E-state index is 0.846. The number of methoxy groups -OCH3 is 1. The predicted octanol–water partition coefficient (Wildman–Crippen LogP) is 2.99. The van der Waals surface area contributed by atoms with Gasteiger partial charge < -0.3 is 10.1 Å². The van der Waals surface area contributed by atoms with Crippen LogP contribution in [0.2, 0.25) is 0 Å². The molecule has 1 aliphatic carbocycles. The summed E-state index contributed by atoms with van der Waals surface area (Å²) in [5.74, 6) is 1.85. The maximum Gasteiger partial charge on any atom is 0.128 e. The molecule has 0 saturated heterocycles. The molecule has 1 N–H and O–H groups in total. The Morgan fingerprint density at radius 3 is 2.72 bits per heavy atom. The van der Waals surface area contributed by atoms with E-state index in [2.05, 4.69) is 17.2 Å². The van der Waals surface area contributed by atoms with Gasteiger partial charge in [-0.3, -0.25) is 4.98 Å². The number of nitrogens with one attached hydrogen (secondary N) is 1. The lowest BCUT2D eigenvalue weighted by Crippen LogP contribution is -2.22. The largest absolute Gasteiger partial charge is 0.496 e. The third-order valence-electron chi connectivity index (χ3n) is 3.95. The first-order chi connectivity index (χ1) is 8.72. The van der Waals surface area contributed by atoms with E-state index in [9.17, 15) is 0 Å². The predicted molar refractivity (Wildman–Crippen MR) is 73.9 cm³/mol. The van der Waals surface area contributed by atoms with Crippen LogP contribution in [-0.2, 0) is 6.54 Å². The zero-order chi connectivity index (χ0) is 13.0. The maximum absolute atomic E-state index is 5.43. The number of nitrogens with zero attached hydrogens (tertiary/aromatic N) is 1. The Kier molecular flexibility index (Phi) is 4.59. The summed E-state index contributed by atoms with van der Waals surface area (Å²) in [4.78, 5) is 4.51. The molecule has 0 amide bonds. The fraction of sp³-hybridized carbons (Fsp3) is 0.667. The number of aromatic nitrogens is 1. The van der Waals surface area contributed by atoms with Crippen LogP contribution in [0.4, 0.5) is 0 Å². The van der Waals surface area contributed by atoms with Crippen molar-refractivity contribution in [2.75, 3.05) is 13.7 Å². The van der Waals surface area contributed by atoms with Crippen molar-refractivity contribution < 1.29 is 4.74 Å². The molecule has 0 bridgehead atoms. The van der Waals surface area contributed by atoms with E-state index in [1.165, 1.54) is 25.7 Å². The molecule has 0 unspecified atom stereocenters. The van der Waals surface area contributed by atoms with E-state index in [4.69, 9.17) is 4.74 Å². The van der Waals surface area contributed by atoms with Gasteiger partial charge in [-0.1, -0.05) is 12.8 Å². The van der Waals surface area contributed by atoms with Crippen molar-refractivity contribution in [1.29, 1.82) is 0 Å². The summed E-state index contributed by atoms with van der Waals surface area (Å²) < 4.78 is 5.43. The Hall–Kier alpha value is -1.09. The number of rotatable bonds is 5. The van der Waals surface area contributed by atoms with Crippen LogP contribution in [-0.4, -0.2) is 18.6 Å². The third-order valence-corrected chi connectivity index (χ3v) is 3.95. The molecule has 1 aliphatic rings. The van der Waals surface area contributed by atoms with Crippen molar-refractivity contribution in [3.8, 4) is 5.75 Å². The molecule has 0 aromatic carbocycles. The summed E-state index contributed by atoms with van der Waals surface area (Å²) in [6.07, 6.45) is 7.48. The smallest absolute Gasteiger partial charge is 0.128 e. The molecule has 3 nitrogen and oxygen atoms in total. The van der Waals surface area contributed by atoms with Gasteiger partial charge in [0.25, 0.3) is 0 Å². The molecule has 2 rings (SSSR count). The zero-order valence-corrected chi connectivity index (χ0v) is 11.8. The second kappa shape index (κ2) is 6.19. The summed E-state index contributed by atoms with van der Waals surface area (Å²) in [7, 11) is 1.73. The molecule has 100 valence electrons. The van der Waals surface area contributed by atoms with Gasteiger partial charge in [-0.05, 0) is 39.2 Å². The number of hydrogen-bond acceptors (Lipinski definition) is 3. The lowest BCUT2D eigenvalue weighted by atomic mass is 10.1. The van der Waals surface area contributed by atoms with Gasteiger partial charge in [0.05, 0.1) is 12.8 Å². The van der Waals surface area contributed by atoms with E-state index >= 15 is 0 Å². The van der Waals surface area contributed by atoms with E-state index in [0.29, 0.717) is 0 Å². The fourth-order valence-electron chi connectivity index (χ4n) is 2.86. The summed E-state index contributed by atoms with van der Waals surface area (Å²) >= 11 is 0. The molecule has 1 saturated carbocycles. The normalized spacial score (nSPS) is 16.2. The minimum Gasteiger partial charge on any atom is -0.496 e. The second-order valence-electron chi connectivity index (χ2n) is 5.33. The first-order valence-corrected chi connectivity index (χ1v) is 6.92. The van der Waals surface area contributed by atoms with Crippen molar-refractivity contribution in [1.82, 2.24) is 10.3 Å². The molecule has 1 fully saturated rings. The number of hydrogen-bond donors (Lipinski definition) is 1. The van der Waals surface area contributed by atoms with Crippen molar-refractivity contribution in [3.63, 3.8) is 0 Å². The second-order valence-corrected chi connectivity index (χ2v) is 5.33. The van der Waals surface area contributed by atoms with E-state index < -0.39 is 0 Å². The van der Waals surface area contributed by atoms with Crippen molar-refractivity contribution in [2.45, 2.75) is 46.1 Å². The van der Waals surface area contributed by atoms with Gasteiger partial charge in [0.1, 0.15) is 5.75 Å². The van der Waals surface area contributed by atoms with Gasteiger partial charge in [-0.15, -0.1) is 0 Å². The Morgan fingerprint density at radius 1 is 1.33 bits per heavy atom. The van der Waals surface area contributed by atoms with Crippen molar-refractivity contribution in [3.05, 3.63) is 23.0 Å². The molecule has 0 spiro atoms. The molecular weight excluding hydrogens is 224 g/mol. The number of ether oxygens (including phenoxy) is 1. The standard InChI is InChI=1S/C15H24N2O/c1-11-8-17-14(12(2)15(11)18-3)10-16-9-13-6-4-5-7-13/h8,13,16H,4-7,9-10H2,1-3H3. The van der Waals surface area contributed by atoms with Crippen LogP contribution in [0.1, 0.15) is 42.5 Å². The van der Waals surface area contributed by atoms with Gasteiger partial charge in [-0.25, -0.2) is 0 Å². The van der Waals surface area contributed by atoms with Gasteiger partial charge in [0, 0.05) is 23.9 Å². The van der Waals surface area contributed by atoms with Crippen LogP contribution < -0.4 is 10.1 Å². The Balaban J connectivity index is 1.92. The van der Waals surface area contributed by atoms with E-state index in [-0.39, 0.29) is 0 Å². The van der Waals surface area contributed by atoms with Gasteiger partial charge in [-0.2, -0.15) is 0 Å². The molecule has 0 radical (unpaired) electrons. The summed E-state index contributed by atoms with van der Waals surface area (Å²) in [5.41, 5.74) is 3.38. The molecule has 0 atom stereocenters. The molecule has 1 aromatic rings. The van der Waals surface area contributed by atoms with Crippen LogP contribution in [0.25, 0.3) is 0 Å². The molecule has 3 heteroatoms. The van der Waals surface area contributed by atoms with E-state index in [1.54, 1.807) is 7.11 Å². The van der Waals surface area contributed by atoms with E-state index in [1.807, 2.05) is 13.1 Å². The summed E-state index contributed by atoms with van der Waals surface area (Å²) in [5, 5.41) is 3.54. The van der Waals surface area contributed by atoms with Crippen LogP contribution in [0.5, 0.6) is 5.75 Å². The lowest BCUT2D eigenvalue weighted by Gasteiger charge is -2.14. The van der Waals surface area contributed by atoms with E-state index in [0.717, 1.165) is 41.6 Å². The minimum absolute atomic E-state index is 0.846. The molecular formula is C15H24N2O. The van der Waals surface area contributed by atoms with Gasteiger partial charge in [0.2, 0.25) is 0 Å². The highest BCUT2D eigenvalue weighted by atomic mass is 16.5. The highest BCUT2D eigenvalue weighted by Gasteiger charge is 2.15. The first-order valence-electron chi connectivity index (χ1n) is 6.92. The van der Waals surface area contributed by atoms with Crippen LogP contribution in [0.3, 0.4) is 0 Å². The molecule has 1 aromatic heterocycles. The molecule has 1 heterocycles. The summed E-state index contributed by atoms with van der Waals surface area (Å²) in [6, 6.07) is 0. The maximum atomic E-state index is 5.43. The van der Waals surface area contributed by atoms with Gasteiger partial charge in [0.15, 0.2) is 0 Å². The van der Waals surface area contributed by atoms with Crippen molar-refractivity contribution >= 4 is 0 Å². The summed E-state index contributed by atoms with van der Waals surface area (Å²) in [6.45, 7) is 6.09. The average molecular weight is 248 g/mol. The Bertz CT molecular complexity index is 398. The first kappa shape index (κ1) is 13.3. The zero-order valence-electron chi connectivity index (χ0n) is 11.8. The highest BCUT2D eigenvalue weighted by molar-refractivity contribution is 5.40. The highest BCUT2D eigenvalue weighted by Crippen LogP contribution is 2.25. The monoisotopic (exact) mass is 248 g/mol. The fourth-order valence-corrected chi connectivity index (χ4v) is 2.86. The molecule has 0 aliphatic heterocycles.